The van der Waals surface area contributed by atoms with Crippen LogP contribution in [0.5, 0.6) is 5.75 Å². The first kappa shape index (κ1) is 29.0. The first-order valence-electron chi connectivity index (χ1n) is 10.7. The average molecular weight is 540 g/mol. The Morgan fingerprint density at radius 3 is 2.39 bits per heavy atom. The Labute approximate surface area is 209 Å². The van der Waals surface area contributed by atoms with Crippen molar-refractivity contribution in [1.82, 2.24) is 0 Å². The Kier molecular flexibility index (Phi) is 9.41. The van der Waals surface area contributed by atoms with Crippen molar-refractivity contribution in [2.45, 2.75) is 64.5 Å². The molecule has 0 radical (unpaired) electrons. The van der Waals surface area contributed by atoms with E-state index in [0.717, 1.165) is 13.0 Å². The van der Waals surface area contributed by atoms with E-state index in [1.54, 1.807) is 0 Å². The van der Waals surface area contributed by atoms with E-state index in [2.05, 4.69) is 4.84 Å². The first-order chi connectivity index (χ1) is 16.6. The number of fused-ring (bicyclic) bond motifs is 1. The lowest BCUT2D eigenvalue weighted by Crippen LogP contribution is -2.41. The summed E-state index contributed by atoms with van der Waals surface area (Å²) in [7, 11) is 0. The molecule has 1 aliphatic rings. The third-order valence-corrected chi connectivity index (χ3v) is 5.08. The van der Waals surface area contributed by atoms with Gasteiger partial charge in [0.1, 0.15) is 5.75 Å². The molecular weight excluding hydrogens is 515 g/mol. The Morgan fingerprint density at radius 2 is 1.81 bits per heavy atom. The van der Waals surface area contributed by atoms with E-state index in [4.69, 9.17) is 30.5 Å². The molecule has 0 bridgehead atoms. The maximum absolute atomic E-state index is 13.7. The summed E-state index contributed by atoms with van der Waals surface area (Å²) in [5.41, 5.74) is -0.621. The summed E-state index contributed by atoms with van der Waals surface area (Å²) in [6, 6.07) is 2.80. The number of nitrogens with zero attached hydrogens (tertiary/aromatic N) is 1. The maximum Gasteiger partial charge on any atom is 0.511 e. The standard InChI is InChI=1S/C22H25ClF3NO9/c1-12(35-20(29)32-7-5-6-8-33-27(30)31)34-19(28)14-9-13-10-16(23)15(21(2,3)4)11-17(13)36-18(14)22(24,25)26/h9-12,18H,5-8H2,1-4H3/t12?,18-/m0/s1. The van der Waals surface area contributed by atoms with E-state index in [9.17, 15) is 32.9 Å². The Balaban J connectivity index is 2.07. The number of carbonyl (C=O) groups excluding carboxylic acids is 2. The predicted molar refractivity (Wildman–Crippen MR) is 119 cm³/mol. The number of benzene rings is 1. The predicted octanol–water partition coefficient (Wildman–Crippen LogP) is 5.38. The van der Waals surface area contributed by atoms with Gasteiger partial charge in [-0.15, -0.1) is 10.1 Å². The van der Waals surface area contributed by atoms with Gasteiger partial charge in [-0.1, -0.05) is 32.4 Å². The second kappa shape index (κ2) is 11.7. The molecule has 36 heavy (non-hydrogen) atoms. The molecule has 0 aromatic heterocycles. The largest absolute Gasteiger partial charge is 0.511 e. The molecule has 200 valence electrons. The van der Waals surface area contributed by atoms with E-state index >= 15 is 0 Å². The number of rotatable bonds is 9. The fourth-order valence-electron chi connectivity index (χ4n) is 3.11. The molecule has 1 aromatic carbocycles. The fourth-order valence-corrected chi connectivity index (χ4v) is 3.57. The summed E-state index contributed by atoms with van der Waals surface area (Å²) in [6.07, 6.45) is -9.01. The maximum atomic E-state index is 13.7. The van der Waals surface area contributed by atoms with Crippen molar-refractivity contribution in [3.63, 3.8) is 0 Å². The molecule has 1 aliphatic heterocycles. The van der Waals surface area contributed by atoms with Crippen molar-refractivity contribution in [3.8, 4) is 5.75 Å². The minimum Gasteiger partial charge on any atom is -0.475 e. The molecule has 1 aromatic rings. The molecule has 0 saturated carbocycles. The van der Waals surface area contributed by atoms with Gasteiger partial charge in [0, 0.05) is 17.5 Å². The van der Waals surface area contributed by atoms with Crippen LogP contribution >= 0.6 is 11.6 Å². The van der Waals surface area contributed by atoms with Crippen molar-refractivity contribution in [2.24, 2.45) is 0 Å². The first-order valence-corrected chi connectivity index (χ1v) is 11.1. The number of hydrogen-bond acceptors (Lipinski definition) is 9. The van der Waals surface area contributed by atoms with Gasteiger partial charge >= 0.3 is 18.3 Å². The second-order valence-electron chi connectivity index (χ2n) is 8.71. The number of alkyl halides is 3. The van der Waals surface area contributed by atoms with Gasteiger partial charge in [-0.05, 0) is 42.0 Å². The smallest absolute Gasteiger partial charge is 0.475 e. The zero-order chi connectivity index (χ0) is 27.3. The van der Waals surface area contributed by atoms with Crippen molar-refractivity contribution in [3.05, 3.63) is 44.0 Å². The zero-order valence-electron chi connectivity index (χ0n) is 19.8. The van der Waals surface area contributed by atoms with E-state index in [0.29, 0.717) is 5.56 Å². The Hall–Kier alpha value is -3.22. The van der Waals surface area contributed by atoms with Crippen molar-refractivity contribution < 1.29 is 51.6 Å². The summed E-state index contributed by atoms with van der Waals surface area (Å²) < 4.78 is 60.6. The average Bonchev–Trinajstić information content (AvgIpc) is 2.72. The fraction of sp³-hybridized carbons (Fsp3) is 0.545. The summed E-state index contributed by atoms with van der Waals surface area (Å²) in [4.78, 5) is 38.3. The molecule has 1 unspecified atom stereocenters. The normalized spacial score (nSPS) is 16.1. The van der Waals surface area contributed by atoms with Gasteiger partial charge < -0.3 is 23.8 Å². The van der Waals surface area contributed by atoms with Crippen molar-refractivity contribution >= 4 is 29.8 Å². The summed E-state index contributed by atoms with van der Waals surface area (Å²) in [6.45, 7) is 6.24. The third-order valence-electron chi connectivity index (χ3n) is 4.77. The van der Waals surface area contributed by atoms with Gasteiger partial charge in [-0.25, -0.2) is 9.59 Å². The number of halogens is 4. The Morgan fingerprint density at radius 1 is 1.17 bits per heavy atom. The molecule has 2 atom stereocenters. The highest BCUT2D eigenvalue weighted by Crippen LogP contribution is 2.42. The summed E-state index contributed by atoms with van der Waals surface area (Å²) >= 11 is 6.29. The van der Waals surface area contributed by atoms with Crippen LogP contribution in [0.15, 0.2) is 17.7 Å². The van der Waals surface area contributed by atoms with Crippen LogP contribution in [-0.4, -0.2) is 49.0 Å². The van der Waals surface area contributed by atoms with Crippen LogP contribution in [0.4, 0.5) is 18.0 Å². The van der Waals surface area contributed by atoms with Crippen LogP contribution in [0.25, 0.3) is 6.08 Å². The lowest BCUT2D eigenvalue weighted by atomic mass is 9.85. The Bertz CT molecular complexity index is 1020. The van der Waals surface area contributed by atoms with E-state index < -0.39 is 46.8 Å². The molecule has 0 spiro atoms. The molecule has 10 nitrogen and oxygen atoms in total. The number of esters is 1. The SMILES string of the molecule is CC(OC(=O)OCCCCO[N+](=O)[O-])OC(=O)C1=Cc2cc(Cl)c(C(C)(C)C)cc2O[C@@H]1C(F)(F)F. The minimum absolute atomic E-state index is 0.0975. The van der Waals surface area contributed by atoms with Crippen molar-refractivity contribution in [1.29, 1.82) is 0 Å². The lowest BCUT2D eigenvalue weighted by molar-refractivity contribution is -0.757. The van der Waals surface area contributed by atoms with Crippen LogP contribution in [0.1, 0.15) is 51.7 Å². The molecule has 1 heterocycles. The molecule has 0 aliphatic carbocycles. The van der Waals surface area contributed by atoms with Gasteiger partial charge in [0.2, 0.25) is 12.4 Å². The molecular formula is C22H25ClF3NO9. The highest BCUT2D eigenvalue weighted by molar-refractivity contribution is 6.31. The van der Waals surface area contributed by atoms with Gasteiger partial charge in [0.25, 0.3) is 5.09 Å². The number of ether oxygens (including phenoxy) is 4. The van der Waals surface area contributed by atoms with Gasteiger partial charge in [0.15, 0.2) is 0 Å². The van der Waals surface area contributed by atoms with Gasteiger partial charge in [0.05, 0.1) is 18.8 Å². The number of carbonyl (C=O) groups is 2. The monoisotopic (exact) mass is 539 g/mol. The van der Waals surface area contributed by atoms with Gasteiger partial charge in [-0.3, -0.25) is 0 Å². The summed E-state index contributed by atoms with van der Waals surface area (Å²) in [5.74, 6) is -1.52. The van der Waals surface area contributed by atoms with E-state index in [1.807, 2.05) is 20.8 Å². The molecule has 0 fully saturated rings. The summed E-state index contributed by atoms with van der Waals surface area (Å²) in [5, 5.41) is 9.34. The third kappa shape index (κ3) is 8.18. The van der Waals surface area contributed by atoms with Crippen LogP contribution in [-0.2, 0) is 29.3 Å². The van der Waals surface area contributed by atoms with Gasteiger partial charge in [-0.2, -0.15) is 13.2 Å². The second-order valence-corrected chi connectivity index (χ2v) is 9.12. The van der Waals surface area contributed by atoms with E-state index in [-0.39, 0.29) is 42.4 Å². The topological polar surface area (TPSA) is 123 Å². The highest BCUT2D eigenvalue weighted by Gasteiger charge is 2.49. The van der Waals surface area contributed by atoms with Crippen molar-refractivity contribution in [2.75, 3.05) is 13.2 Å². The molecule has 0 amide bonds. The number of hydrogen-bond donors (Lipinski definition) is 0. The van der Waals surface area contributed by atoms with Crippen LogP contribution < -0.4 is 4.74 Å². The minimum atomic E-state index is -4.95. The van der Waals surface area contributed by atoms with Crippen LogP contribution in [0.2, 0.25) is 5.02 Å². The van der Waals surface area contributed by atoms with E-state index in [1.165, 1.54) is 12.1 Å². The molecule has 14 heteroatoms. The molecule has 0 N–H and O–H groups in total. The molecule has 0 saturated heterocycles. The highest BCUT2D eigenvalue weighted by atomic mass is 35.5. The van der Waals surface area contributed by atoms with Crippen LogP contribution in [0, 0.1) is 10.1 Å². The number of unbranched alkanes of at least 4 members (excludes halogenated alkanes) is 1. The zero-order valence-corrected chi connectivity index (χ0v) is 20.6. The van der Waals surface area contributed by atoms with Crippen LogP contribution in [0.3, 0.4) is 0 Å². The quantitative estimate of drug-likeness (QED) is 0.134. The lowest BCUT2D eigenvalue weighted by Gasteiger charge is -2.30. The molecule has 2 rings (SSSR count).